The van der Waals surface area contributed by atoms with Crippen LogP contribution in [0.4, 0.5) is 0 Å². The lowest BCUT2D eigenvalue weighted by Gasteiger charge is -2.23. The van der Waals surface area contributed by atoms with E-state index in [0.29, 0.717) is 25.4 Å². The van der Waals surface area contributed by atoms with Gasteiger partial charge >= 0.3 is 0 Å². The second kappa shape index (κ2) is 8.84. The molecular weight excluding hydrogens is 358 g/mol. The van der Waals surface area contributed by atoms with Gasteiger partial charge in [0.1, 0.15) is 5.75 Å². The molecule has 0 bridgehead atoms. The zero-order chi connectivity index (χ0) is 19.1. The first-order valence-corrected chi connectivity index (χ1v) is 10.3. The Morgan fingerprint density at radius 2 is 1.22 bits per heavy atom. The summed E-state index contributed by atoms with van der Waals surface area (Å²) in [6, 6.07) is 25.8. The van der Waals surface area contributed by atoms with E-state index in [0.717, 1.165) is 11.1 Å². The number of hydrogen-bond acceptors (Lipinski definition) is 3. The Kier molecular flexibility index (Phi) is 6.27. The van der Waals surface area contributed by atoms with Crippen LogP contribution in [0, 0.1) is 0 Å². The molecule has 0 N–H and O–H groups in total. The number of benzene rings is 3. The highest BCUT2D eigenvalue weighted by molar-refractivity contribution is 7.89. The van der Waals surface area contributed by atoms with Crippen LogP contribution in [0.1, 0.15) is 18.1 Å². The van der Waals surface area contributed by atoms with Crippen molar-refractivity contribution in [2.24, 2.45) is 0 Å². The summed E-state index contributed by atoms with van der Waals surface area (Å²) in [7, 11) is -3.65. The van der Waals surface area contributed by atoms with E-state index < -0.39 is 10.0 Å². The molecule has 4 nitrogen and oxygen atoms in total. The van der Waals surface area contributed by atoms with Crippen LogP contribution in [0.3, 0.4) is 0 Å². The molecule has 140 valence electrons. The summed E-state index contributed by atoms with van der Waals surface area (Å²) in [5.74, 6) is 0.661. The van der Waals surface area contributed by atoms with E-state index in [1.165, 1.54) is 4.31 Å². The quantitative estimate of drug-likeness (QED) is 0.578. The third-order valence-corrected chi connectivity index (χ3v) is 5.98. The van der Waals surface area contributed by atoms with Crippen molar-refractivity contribution in [3.05, 3.63) is 96.1 Å². The molecule has 0 saturated carbocycles. The van der Waals surface area contributed by atoms with Crippen LogP contribution in [0.15, 0.2) is 89.8 Å². The predicted octanol–water partition coefficient (Wildman–Crippen LogP) is 4.48. The molecular formula is C22H23NO3S. The van der Waals surface area contributed by atoms with Crippen molar-refractivity contribution in [1.29, 1.82) is 0 Å². The van der Waals surface area contributed by atoms with Crippen molar-refractivity contribution in [3.63, 3.8) is 0 Å². The lowest BCUT2D eigenvalue weighted by atomic mass is 10.2. The molecule has 0 atom stereocenters. The van der Waals surface area contributed by atoms with Gasteiger partial charge in [0.2, 0.25) is 10.0 Å². The minimum absolute atomic E-state index is 0.262. The van der Waals surface area contributed by atoms with Gasteiger partial charge in [-0.3, -0.25) is 0 Å². The highest BCUT2D eigenvalue weighted by atomic mass is 32.2. The van der Waals surface area contributed by atoms with Gasteiger partial charge in [-0.05, 0) is 42.3 Å². The van der Waals surface area contributed by atoms with Gasteiger partial charge in [0, 0.05) is 13.1 Å². The monoisotopic (exact) mass is 381 g/mol. The molecule has 0 aliphatic rings. The largest absolute Gasteiger partial charge is 0.494 e. The lowest BCUT2D eigenvalue weighted by molar-refractivity contribution is 0.340. The highest BCUT2D eigenvalue weighted by Gasteiger charge is 2.25. The van der Waals surface area contributed by atoms with Crippen molar-refractivity contribution in [3.8, 4) is 5.75 Å². The summed E-state index contributed by atoms with van der Waals surface area (Å²) in [5, 5.41) is 0. The Hall–Kier alpha value is -2.63. The Labute approximate surface area is 161 Å². The fraction of sp³-hybridized carbons (Fsp3) is 0.182. The van der Waals surface area contributed by atoms with Gasteiger partial charge in [-0.1, -0.05) is 60.7 Å². The normalized spacial score (nSPS) is 11.5. The molecule has 0 unspecified atom stereocenters. The topological polar surface area (TPSA) is 46.6 Å². The second-order valence-electron chi connectivity index (χ2n) is 6.15. The van der Waals surface area contributed by atoms with Gasteiger partial charge in [-0.15, -0.1) is 0 Å². The second-order valence-corrected chi connectivity index (χ2v) is 8.09. The van der Waals surface area contributed by atoms with Gasteiger partial charge in [-0.25, -0.2) is 8.42 Å². The Balaban J connectivity index is 1.92. The van der Waals surface area contributed by atoms with Crippen LogP contribution in [-0.4, -0.2) is 19.3 Å². The average Bonchev–Trinajstić information content (AvgIpc) is 2.70. The van der Waals surface area contributed by atoms with E-state index in [4.69, 9.17) is 4.74 Å². The van der Waals surface area contributed by atoms with E-state index in [2.05, 4.69) is 0 Å². The van der Waals surface area contributed by atoms with Crippen LogP contribution in [0.5, 0.6) is 5.75 Å². The first-order chi connectivity index (χ1) is 13.1. The summed E-state index contributed by atoms with van der Waals surface area (Å²) in [6.07, 6.45) is 0. The molecule has 27 heavy (non-hydrogen) atoms. The smallest absolute Gasteiger partial charge is 0.243 e. The summed E-state index contributed by atoms with van der Waals surface area (Å²) in [6.45, 7) is 3.06. The van der Waals surface area contributed by atoms with E-state index >= 15 is 0 Å². The molecule has 0 saturated heterocycles. The molecule has 3 aromatic rings. The van der Waals surface area contributed by atoms with E-state index in [-0.39, 0.29) is 4.90 Å². The molecule has 0 fully saturated rings. The van der Waals surface area contributed by atoms with Crippen molar-refractivity contribution < 1.29 is 13.2 Å². The van der Waals surface area contributed by atoms with Crippen LogP contribution < -0.4 is 4.74 Å². The van der Waals surface area contributed by atoms with Crippen molar-refractivity contribution in [1.82, 2.24) is 4.31 Å². The molecule has 3 aromatic carbocycles. The Morgan fingerprint density at radius 1 is 0.741 bits per heavy atom. The zero-order valence-corrected chi connectivity index (χ0v) is 16.1. The van der Waals surface area contributed by atoms with Gasteiger partial charge in [0.05, 0.1) is 11.5 Å². The lowest BCUT2D eigenvalue weighted by Crippen LogP contribution is -2.30. The van der Waals surface area contributed by atoms with Crippen LogP contribution in [-0.2, 0) is 23.1 Å². The molecule has 0 aliphatic heterocycles. The minimum Gasteiger partial charge on any atom is -0.494 e. The summed E-state index contributed by atoms with van der Waals surface area (Å²) >= 11 is 0. The molecule has 0 aromatic heterocycles. The Morgan fingerprint density at radius 3 is 1.67 bits per heavy atom. The van der Waals surface area contributed by atoms with Gasteiger partial charge in [0.15, 0.2) is 0 Å². The fourth-order valence-electron chi connectivity index (χ4n) is 2.82. The molecule has 5 heteroatoms. The predicted molar refractivity (Wildman–Crippen MR) is 107 cm³/mol. The van der Waals surface area contributed by atoms with Crippen molar-refractivity contribution >= 4 is 10.0 Å². The van der Waals surface area contributed by atoms with Gasteiger partial charge in [0.25, 0.3) is 0 Å². The van der Waals surface area contributed by atoms with Crippen molar-refractivity contribution in [2.75, 3.05) is 6.61 Å². The Bertz CT molecular complexity index is 898. The van der Waals surface area contributed by atoms with Crippen LogP contribution in [0.2, 0.25) is 0 Å². The van der Waals surface area contributed by atoms with E-state index in [9.17, 15) is 8.42 Å². The maximum atomic E-state index is 13.3. The van der Waals surface area contributed by atoms with Gasteiger partial charge < -0.3 is 4.74 Å². The third kappa shape index (κ3) is 4.96. The minimum atomic E-state index is -3.65. The average molecular weight is 381 g/mol. The van der Waals surface area contributed by atoms with Gasteiger partial charge in [-0.2, -0.15) is 4.31 Å². The number of nitrogens with zero attached hydrogens (tertiary/aromatic N) is 1. The molecule has 0 radical (unpaired) electrons. The number of sulfonamides is 1. The molecule has 0 heterocycles. The summed E-state index contributed by atoms with van der Waals surface area (Å²) < 4.78 is 33.5. The first-order valence-electron chi connectivity index (χ1n) is 8.90. The standard InChI is InChI=1S/C22H23NO3S/c1-2-26-21-13-15-22(16-14-21)27(24,25)23(17-19-9-5-3-6-10-19)18-20-11-7-4-8-12-20/h3-16H,2,17-18H2,1H3. The number of hydrogen-bond donors (Lipinski definition) is 0. The number of ether oxygens (including phenoxy) is 1. The molecule has 0 aliphatic carbocycles. The molecule has 3 rings (SSSR count). The zero-order valence-electron chi connectivity index (χ0n) is 15.3. The van der Waals surface area contributed by atoms with Crippen LogP contribution >= 0.6 is 0 Å². The first kappa shape index (κ1) is 19.1. The SMILES string of the molecule is CCOc1ccc(S(=O)(=O)N(Cc2ccccc2)Cc2ccccc2)cc1. The maximum absolute atomic E-state index is 13.3. The number of rotatable bonds is 8. The molecule has 0 spiro atoms. The highest BCUT2D eigenvalue weighted by Crippen LogP contribution is 2.23. The fourth-order valence-corrected chi connectivity index (χ4v) is 4.24. The van der Waals surface area contributed by atoms with E-state index in [1.54, 1.807) is 24.3 Å². The molecule has 0 amide bonds. The summed E-state index contributed by atoms with van der Waals surface area (Å²) in [5.41, 5.74) is 1.89. The van der Waals surface area contributed by atoms with Crippen LogP contribution in [0.25, 0.3) is 0 Å². The van der Waals surface area contributed by atoms with Crippen molar-refractivity contribution in [2.45, 2.75) is 24.9 Å². The van der Waals surface area contributed by atoms with E-state index in [1.807, 2.05) is 67.6 Å². The third-order valence-electron chi connectivity index (χ3n) is 4.18. The summed E-state index contributed by atoms with van der Waals surface area (Å²) in [4.78, 5) is 0.262. The maximum Gasteiger partial charge on any atom is 0.243 e.